The van der Waals surface area contributed by atoms with Crippen molar-refractivity contribution in [3.63, 3.8) is 0 Å². The van der Waals surface area contributed by atoms with Gasteiger partial charge in [0, 0.05) is 18.0 Å². The molecule has 0 atom stereocenters. The average Bonchev–Trinajstić information content (AvgIpc) is 3.24. The molecule has 0 aliphatic heterocycles. The molecule has 3 rings (SSSR count). The second kappa shape index (κ2) is 4.78. The minimum Gasteiger partial charge on any atom is -0.488 e. The van der Waals surface area contributed by atoms with E-state index in [4.69, 9.17) is 4.74 Å². The smallest absolute Gasteiger partial charge is 0.165 e. The molecule has 0 aromatic heterocycles. The van der Waals surface area contributed by atoms with Crippen molar-refractivity contribution in [3.05, 3.63) is 29.6 Å². The molecule has 0 saturated heterocycles. The first kappa shape index (κ1) is 12.9. The second-order valence-corrected chi connectivity index (χ2v) is 6.25. The van der Waals surface area contributed by atoms with Gasteiger partial charge in [-0.2, -0.15) is 0 Å². The Labute approximate surface area is 114 Å². The maximum Gasteiger partial charge on any atom is 0.165 e. The Balaban J connectivity index is 1.71. The normalized spacial score (nSPS) is 20.6. The summed E-state index contributed by atoms with van der Waals surface area (Å²) in [5.41, 5.74) is 1.30. The lowest BCUT2D eigenvalue weighted by Crippen LogP contribution is -2.28. The lowest BCUT2D eigenvalue weighted by atomic mass is 9.95. The zero-order valence-corrected chi connectivity index (χ0v) is 11.7. The molecule has 19 heavy (non-hydrogen) atoms. The molecule has 1 aromatic carbocycles. The molecule has 3 heteroatoms. The van der Waals surface area contributed by atoms with Crippen molar-refractivity contribution in [3.8, 4) is 5.75 Å². The maximum absolute atomic E-state index is 14.0. The Morgan fingerprint density at radius 3 is 2.63 bits per heavy atom. The van der Waals surface area contributed by atoms with Gasteiger partial charge in [0.15, 0.2) is 11.6 Å². The summed E-state index contributed by atoms with van der Waals surface area (Å²) in [5, 5.41) is 3.57. The molecule has 1 N–H and O–H groups in total. The summed E-state index contributed by atoms with van der Waals surface area (Å²) in [5.74, 6) is 0.133. The lowest BCUT2D eigenvalue weighted by Gasteiger charge is -2.18. The highest BCUT2D eigenvalue weighted by Gasteiger charge is 2.45. The highest BCUT2D eigenvalue weighted by atomic mass is 19.1. The van der Waals surface area contributed by atoms with Gasteiger partial charge in [0.05, 0.1) is 6.10 Å². The quantitative estimate of drug-likeness (QED) is 0.849. The number of hydrogen-bond donors (Lipinski definition) is 1. The van der Waals surface area contributed by atoms with Gasteiger partial charge in [-0.25, -0.2) is 4.39 Å². The average molecular weight is 263 g/mol. The van der Waals surface area contributed by atoms with Gasteiger partial charge in [0.1, 0.15) is 0 Å². The third kappa shape index (κ3) is 2.92. The van der Waals surface area contributed by atoms with Gasteiger partial charge in [-0.05, 0) is 57.2 Å². The van der Waals surface area contributed by atoms with E-state index >= 15 is 0 Å². The van der Waals surface area contributed by atoms with Crippen LogP contribution >= 0.6 is 0 Å². The van der Waals surface area contributed by atoms with E-state index < -0.39 is 0 Å². The van der Waals surface area contributed by atoms with Crippen LogP contribution in [0.15, 0.2) is 18.2 Å². The fourth-order valence-corrected chi connectivity index (χ4v) is 2.53. The molecular formula is C16H22FNO. The van der Waals surface area contributed by atoms with E-state index in [1.165, 1.54) is 12.8 Å². The van der Waals surface area contributed by atoms with Crippen LogP contribution < -0.4 is 10.1 Å². The minimum absolute atomic E-state index is 0.00627. The Kier molecular flexibility index (Phi) is 3.25. The van der Waals surface area contributed by atoms with E-state index in [2.05, 4.69) is 5.32 Å². The van der Waals surface area contributed by atoms with Crippen molar-refractivity contribution in [2.45, 2.75) is 57.1 Å². The van der Waals surface area contributed by atoms with Crippen molar-refractivity contribution in [1.29, 1.82) is 0 Å². The van der Waals surface area contributed by atoms with Crippen LogP contribution in [0.4, 0.5) is 4.39 Å². The number of hydrogen-bond acceptors (Lipinski definition) is 2. The zero-order valence-electron chi connectivity index (χ0n) is 11.7. The molecule has 1 aromatic rings. The van der Waals surface area contributed by atoms with Gasteiger partial charge in [0.2, 0.25) is 0 Å². The Bertz CT molecular complexity index is 464. The standard InChI is InChI=1S/C16H22FNO/c1-11(2)19-15-6-3-12(9-14(15)17)16(7-8-16)10-18-13-4-5-13/h3,6,9,11,13,18H,4-5,7-8,10H2,1-2H3. The van der Waals surface area contributed by atoms with Crippen molar-refractivity contribution in [2.75, 3.05) is 6.54 Å². The number of rotatable bonds is 6. The summed E-state index contributed by atoms with van der Waals surface area (Å²) in [6.45, 7) is 4.81. The summed E-state index contributed by atoms with van der Waals surface area (Å²) < 4.78 is 19.5. The highest BCUT2D eigenvalue weighted by Crippen LogP contribution is 2.48. The second-order valence-electron chi connectivity index (χ2n) is 6.25. The molecule has 0 bridgehead atoms. The van der Waals surface area contributed by atoms with Crippen molar-refractivity contribution >= 4 is 0 Å². The molecule has 2 saturated carbocycles. The van der Waals surface area contributed by atoms with Crippen LogP contribution in [0.1, 0.15) is 45.1 Å². The Morgan fingerprint density at radius 2 is 2.11 bits per heavy atom. The van der Waals surface area contributed by atoms with Crippen molar-refractivity contribution < 1.29 is 9.13 Å². The summed E-state index contributed by atoms with van der Waals surface area (Å²) in [4.78, 5) is 0. The number of halogens is 1. The third-order valence-corrected chi connectivity index (χ3v) is 4.07. The fourth-order valence-electron chi connectivity index (χ4n) is 2.53. The van der Waals surface area contributed by atoms with E-state index in [0.717, 1.165) is 24.9 Å². The summed E-state index contributed by atoms with van der Waals surface area (Å²) in [6.07, 6.45) is 4.93. The van der Waals surface area contributed by atoms with Crippen LogP contribution in [-0.4, -0.2) is 18.7 Å². The molecule has 2 fully saturated rings. The SMILES string of the molecule is CC(C)Oc1ccc(C2(CNC3CC3)CC2)cc1F. The number of ether oxygens (including phenoxy) is 1. The van der Waals surface area contributed by atoms with Crippen molar-refractivity contribution in [1.82, 2.24) is 5.32 Å². The molecule has 0 heterocycles. The molecular weight excluding hydrogens is 241 g/mol. The first-order valence-corrected chi connectivity index (χ1v) is 7.29. The van der Waals surface area contributed by atoms with Crippen LogP contribution in [0.3, 0.4) is 0 Å². The predicted octanol–water partition coefficient (Wildman–Crippen LogP) is 3.40. The van der Waals surface area contributed by atoms with Crippen LogP contribution in [0.25, 0.3) is 0 Å². The van der Waals surface area contributed by atoms with Gasteiger partial charge in [0.25, 0.3) is 0 Å². The number of nitrogens with one attached hydrogen (secondary N) is 1. The van der Waals surface area contributed by atoms with Gasteiger partial charge >= 0.3 is 0 Å². The molecule has 0 unspecified atom stereocenters. The molecule has 0 radical (unpaired) electrons. The van der Waals surface area contributed by atoms with E-state index in [0.29, 0.717) is 11.8 Å². The van der Waals surface area contributed by atoms with Crippen molar-refractivity contribution in [2.24, 2.45) is 0 Å². The van der Waals surface area contributed by atoms with Gasteiger partial charge in [-0.3, -0.25) is 0 Å². The highest BCUT2D eigenvalue weighted by molar-refractivity contribution is 5.37. The van der Waals surface area contributed by atoms with Crippen LogP contribution in [-0.2, 0) is 5.41 Å². The summed E-state index contributed by atoms with van der Waals surface area (Å²) >= 11 is 0. The molecule has 2 aliphatic carbocycles. The zero-order chi connectivity index (χ0) is 13.5. The van der Waals surface area contributed by atoms with Gasteiger partial charge in [-0.1, -0.05) is 6.07 Å². The first-order valence-electron chi connectivity index (χ1n) is 7.29. The topological polar surface area (TPSA) is 21.3 Å². The molecule has 2 nitrogen and oxygen atoms in total. The fraction of sp³-hybridized carbons (Fsp3) is 0.625. The summed E-state index contributed by atoms with van der Waals surface area (Å²) in [7, 11) is 0. The largest absolute Gasteiger partial charge is 0.488 e. The van der Waals surface area contributed by atoms with Gasteiger partial charge < -0.3 is 10.1 Å². The molecule has 0 spiro atoms. The molecule has 2 aliphatic rings. The van der Waals surface area contributed by atoms with E-state index in [9.17, 15) is 4.39 Å². The van der Waals surface area contributed by atoms with Crippen LogP contribution in [0.5, 0.6) is 5.75 Å². The van der Waals surface area contributed by atoms with E-state index in [1.54, 1.807) is 12.1 Å². The van der Waals surface area contributed by atoms with E-state index in [-0.39, 0.29) is 17.3 Å². The summed E-state index contributed by atoms with van der Waals surface area (Å²) in [6, 6.07) is 6.19. The van der Waals surface area contributed by atoms with E-state index in [1.807, 2.05) is 19.9 Å². The predicted molar refractivity (Wildman–Crippen MR) is 74.1 cm³/mol. The molecule has 0 amide bonds. The monoisotopic (exact) mass is 263 g/mol. The van der Waals surface area contributed by atoms with Crippen LogP contribution in [0.2, 0.25) is 0 Å². The Morgan fingerprint density at radius 1 is 1.37 bits per heavy atom. The lowest BCUT2D eigenvalue weighted by molar-refractivity contribution is 0.231. The number of benzene rings is 1. The minimum atomic E-state index is -0.233. The third-order valence-electron chi connectivity index (χ3n) is 4.07. The Hall–Kier alpha value is -1.09. The molecule has 104 valence electrons. The van der Waals surface area contributed by atoms with Crippen LogP contribution in [0, 0.1) is 5.82 Å². The first-order chi connectivity index (χ1) is 9.09. The van der Waals surface area contributed by atoms with Gasteiger partial charge in [-0.15, -0.1) is 0 Å². The maximum atomic E-state index is 14.0.